The lowest BCUT2D eigenvalue weighted by Gasteiger charge is -2.38. The van der Waals surface area contributed by atoms with E-state index in [1.54, 1.807) is 6.20 Å². The number of amides is 1. The molecule has 2 aromatic rings. The molecule has 1 saturated heterocycles. The van der Waals surface area contributed by atoms with Gasteiger partial charge in [-0.2, -0.15) is 0 Å². The Morgan fingerprint density at radius 2 is 2.18 bits per heavy atom. The van der Waals surface area contributed by atoms with E-state index < -0.39 is 0 Å². The third kappa shape index (κ3) is 2.97. The third-order valence-corrected chi connectivity index (χ3v) is 4.63. The fraction of sp³-hybridized carbons (Fsp3) is 0.444. The van der Waals surface area contributed by atoms with Gasteiger partial charge in [-0.25, -0.2) is 0 Å². The van der Waals surface area contributed by atoms with E-state index in [9.17, 15) is 4.79 Å². The van der Waals surface area contributed by atoms with Gasteiger partial charge in [0.15, 0.2) is 0 Å². The van der Waals surface area contributed by atoms with Crippen LogP contribution in [0.2, 0.25) is 0 Å². The number of pyridine rings is 1. The van der Waals surface area contributed by atoms with E-state index in [2.05, 4.69) is 11.9 Å². The molecule has 1 aliphatic rings. The number of benzene rings is 1. The highest BCUT2D eigenvalue weighted by atomic mass is 16.2. The zero-order chi connectivity index (χ0) is 15.5. The van der Waals surface area contributed by atoms with Gasteiger partial charge in [-0.05, 0) is 30.4 Å². The van der Waals surface area contributed by atoms with Crippen molar-refractivity contribution in [2.24, 2.45) is 11.7 Å². The molecule has 0 aliphatic carbocycles. The molecule has 0 saturated carbocycles. The molecule has 0 bridgehead atoms. The van der Waals surface area contributed by atoms with Gasteiger partial charge in [-0.1, -0.05) is 31.2 Å². The van der Waals surface area contributed by atoms with Crippen molar-refractivity contribution in [2.75, 3.05) is 13.1 Å². The summed E-state index contributed by atoms with van der Waals surface area (Å²) in [7, 11) is 0. The van der Waals surface area contributed by atoms with Crippen LogP contribution in [-0.4, -0.2) is 34.9 Å². The standard InChI is InChI=1S/C18H23N3O/c1-13-7-9-21(16(10-13)12-19)17(22)11-15-5-2-4-14-6-3-8-20-18(14)15/h2-6,8,13,16H,7,9-12,19H2,1H3. The summed E-state index contributed by atoms with van der Waals surface area (Å²) >= 11 is 0. The maximum absolute atomic E-state index is 12.7. The van der Waals surface area contributed by atoms with Crippen LogP contribution in [0, 0.1) is 5.92 Å². The lowest BCUT2D eigenvalue weighted by molar-refractivity contribution is -0.134. The van der Waals surface area contributed by atoms with Gasteiger partial charge in [-0.15, -0.1) is 0 Å². The Bertz CT molecular complexity index is 665. The number of nitrogens with two attached hydrogens (primary N) is 1. The summed E-state index contributed by atoms with van der Waals surface area (Å²) in [5.41, 5.74) is 7.79. The van der Waals surface area contributed by atoms with E-state index in [4.69, 9.17) is 5.73 Å². The fourth-order valence-electron chi connectivity index (χ4n) is 3.38. The average molecular weight is 297 g/mol. The number of hydrogen-bond donors (Lipinski definition) is 1. The summed E-state index contributed by atoms with van der Waals surface area (Å²) in [6.45, 7) is 3.60. The summed E-state index contributed by atoms with van der Waals surface area (Å²) in [6.07, 6.45) is 4.26. The monoisotopic (exact) mass is 297 g/mol. The molecule has 1 fully saturated rings. The van der Waals surface area contributed by atoms with Crippen molar-refractivity contribution in [3.63, 3.8) is 0 Å². The maximum atomic E-state index is 12.7. The van der Waals surface area contributed by atoms with Crippen LogP contribution in [0.5, 0.6) is 0 Å². The van der Waals surface area contributed by atoms with Gasteiger partial charge in [0.05, 0.1) is 11.9 Å². The fourth-order valence-corrected chi connectivity index (χ4v) is 3.38. The first-order valence-electron chi connectivity index (χ1n) is 8.01. The maximum Gasteiger partial charge on any atom is 0.227 e. The number of para-hydroxylation sites is 1. The number of piperidine rings is 1. The Kier molecular flexibility index (Phi) is 4.39. The van der Waals surface area contributed by atoms with Crippen LogP contribution in [0.15, 0.2) is 36.5 Å². The number of likely N-dealkylation sites (tertiary alicyclic amines) is 1. The first-order chi connectivity index (χ1) is 10.7. The highest BCUT2D eigenvalue weighted by molar-refractivity contribution is 5.87. The predicted octanol–water partition coefficient (Wildman–Crippen LogP) is 2.36. The second-order valence-corrected chi connectivity index (χ2v) is 6.28. The molecule has 22 heavy (non-hydrogen) atoms. The lowest BCUT2D eigenvalue weighted by Crippen LogP contribution is -2.49. The molecule has 0 radical (unpaired) electrons. The Hall–Kier alpha value is -1.94. The molecule has 4 nitrogen and oxygen atoms in total. The first-order valence-corrected chi connectivity index (χ1v) is 8.01. The van der Waals surface area contributed by atoms with Gasteiger partial charge in [0.25, 0.3) is 0 Å². The van der Waals surface area contributed by atoms with Crippen molar-refractivity contribution in [1.29, 1.82) is 0 Å². The van der Waals surface area contributed by atoms with Crippen molar-refractivity contribution < 1.29 is 4.79 Å². The largest absolute Gasteiger partial charge is 0.338 e. The molecule has 1 aromatic heterocycles. The van der Waals surface area contributed by atoms with Crippen molar-refractivity contribution in [2.45, 2.75) is 32.2 Å². The third-order valence-electron chi connectivity index (χ3n) is 4.63. The van der Waals surface area contributed by atoms with Gasteiger partial charge < -0.3 is 10.6 Å². The quantitative estimate of drug-likeness (QED) is 0.946. The number of carbonyl (C=O) groups is 1. The smallest absolute Gasteiger partial charge is 0.227 e. The Morgan fingerprint density at radius 1 is 1.36 bits per heavy atom. The summed E-state index contributed by atoms with van der Waals surface area (Å²) in [5.74, 6) is 0.817. The van der Waals surface area contributed by atoms with Crippen molar-refractivity contribution in [1.82, 2.24) is 9.88 Å². The summed E-state index contributed by atoms with van der Waals surface area (Å²) in [6, 6.07) is 10.1. The molecule has 1 aliphatic heterocycles. The van der Waals surface area contributed by atoms with Gasteiger partial charge in [0, 0.05) is 30.7 Å². The Morgan fingerprint density at radius 3 is 3.00 bits per heavy atom. The minimum absolute atomic E-state index is 0.167. The molecular weight excluding hydrogens is 274 g/mol. The van der Waals surface area contributed by atoms with Crippen LogP contribution < -0.4 is 5.73 Å². The van der Waals surface area contributed by atoms with Crippen molar-refractivity contribution >= 4 is 16.8 Å². The molecule has 3 rings (SSSR count). The number of rotatable bonds is 3. The normalized spacial score (nSPS) is 22.0. The zero-order valence-electron chi connectivity index (χ0n) is 13.0. The van der Waals surface area contributed by atoms with Gasteiger partial charge in [0.1, 0.15) is 0 Å². The number of carbonyl (C=O) groups excluding carboxylic acids is 1. The van der Waals surface area contributed by atoms with Crippen LogP contribution in [0.25, 0.3) is 10.9 Å². The first kappa shape index (κ1) is 15.0. The molecule has 4 heteroatoms. The number of aromatic nitrogens is 1. The van der Waals surface area contributed by atoms with Crippen LogP contribution in [0.4, 0.5) is 0 Å². The van der Waals surface area contributed by atoms with Gasteiger partial charge in [0.2, 0.25) is 5.91 Å². The van der Waals surface area contributed by atoms with Crippen molar-refractivity contribution in [3.8, 4) is 0 Å². The zero-order valence-corrected chi connectivity index (χ0v) is 13.0. The Labute approximate surface area is 131 Å². The number of hydrogen-bond acceptors (Lipinski definition) is 3. The molecule has 2 atom stereocenters. The molecule has 1 aromatic carbocycles. The van der Waals surface area contributed by atoms with Gasteiger partial charge in [-0.3, -0.25) is 9.78 Å². The van der Waals surface area contributed by atoms with E-state index in [0.717, 1.165) is 35.9 Å². The lowest BCUT2D eigenvalue weighted by atomic mass is 9.92. The number of fused-ring (bicyclic) bond motifs is 1. The number of nitrogens with zero attached hydrogens (tertiary/aromatic N) is 2. The highest BCUT2D eigenvalue weighted by Crippen LogP contribution is 2.24. The average Bonchev–Trinajstić information content (AvgIpc) is 2.55. The van der Waals surface area contributed by atoms with E-state index in [0.29, 0.717) is 18.9 Å². The van der Waals surface area contributed by atoms with Gasteiger partial charge >= 0.3 is 0 Å². The summed E-state index contributed by atoms with van der Waals surface area (Å²) < 4.78 is 0. The van der Waals surface area contributed by atoms with Crippen LogP contribution >= 0.6 is 0 Å². The molecule has 2 heterocycles. The molecule has 2 unspecified atom stereocenters. The van der Waals surface area contributed by atoms with Crippen LogP contribution in [0.1, 0.15) is 25.3 Å². The topological polar surface area (TPSA) is 59.2 Å². The SMILES string of the molecule is CC1CCN(C(=O)Cc2cccc3cccnc23)C(CN)C1. The molecule has 2 N–H and O–H groups in total. The second kappa shape index (κ2) is 6.44. The highest BCUT2D eigenvalue weighted by Gasteiger charge is 2.28. The minimum Gasteiger partial charge on any atom is -0.338 e. The van der Waals surface area contributed by atoms with E-state index in [1.807, 2.05) is 35.2 Å². The molecule has 116 valence electrons. The predicted molar refractivity (Wildman–Crippen MR) is 88.4 cm³/mol. The summed E-state index contributed by atoms with van der Waals surface area (Å²) in [5, 5.41) is 1.08. The van der Waals surface area contributed by atoms with Crippen LogP contribution in [0.3, 0.4) is 0 Å². The summed E-state index contributed by atoms with van der Waals surface area (Å²) in [4.78, 5) is 19.1. The Balaban J connectivity index is 1.81. The van der Waals surface area contributed by atoms with Crippen molar-refractivity contribution in [3.05, 3.63) is 42.1 Å². The molecule has 1 amide bonds. The van der Waals surface area contributed by atoms with Crippen LogP contribution in [-0.2, 0) is 11.2 Å². The molecular formula is C18H23N3O. The second-order valence-electron chi connectivity index (χ2n) is 6.28. The van der Waals surface area contributed by atoms with E-state index in [1.165, 1.54) is 0 Å². The minimum atomic E-state index is 0.167. The molecule has 0 spiro atoms. The van der Waals surface area contributed by atoms with E-state index >= 15 is 0 Å². The van der Waals surface area contributed by atoms with E-state index in [-0.39, 0.29) is 11.9 Å².